The molecule has 1 rings (SSSR count). The van der Waals surface area contributed by atoms with Gasteiger partial charge in [-0.05, 0) is 24.3 Å². The second-order valence-corrected chi connectivity index (χ2v) is 5.06. The number of halogens is 3. The Morgan fingerprint density at radius 3 is 2.22 bits per heavy atom. The summed E-state index contributed by atoms with van der Waals surface area (Å²) in [6.07, 6.45) is -4.79. The van der Waals surface area contributed by atoms with Gasteiger partial charge in [0.15, 0.2) is 0 Å². The summed E-state index contributed by atoms with van der Waals surface area (Å²) in [6.45, 7) is -0.551. The van der Waals surface area contributed by atoms with Crippen LogP contribution in [0.25, 0.3) is 0 Å². The van der Waals surface area contributed by atoms with Crippen molar-refractivity contribution in [3.05, 3.63) is 24.3 Å². The molecule has 5 nitrogen and oxygen atoms in total. The van der Waals surface area contributed by atoms with E-state index < -0.39 is 34.5 Å². The number of hydrogen-bond donors (Lipinski definition) is 2. The molecule has 0 fully saturated rings. The zero-order valence-electron chi connectivity index (χ0n) is 8.94. The minimum atomic E-state index is -4.79. The van der Waals surface area contributed by atoms with Gasteiger partial charge < -0.3 is 9.84 Å². The Bertz CT molecular complexity index is 484. The summed E-state index contributed by atoms with van der Waals surface area (Å²) in [5.41, 5.74) is 0.0815. The van der Waals surface area contributed by atoms with Crippen molar-refractivity contribution in [2.75, 3.05) is 17.1 Å². The van der Waals surface area contributed by atoms with Crippen LogP contribution in [-0.2, 0) is 10.0 Å². The van der Waals surface area contributed by atoms with Crippen LogP contribution in [0.5, 0.6) is 5.75 Å². The summed E-state index contributed by atoms with van der Waals surface area (Å²) >= 11 is 0. The van der Waals surface area contributed by atoms with Crippen molar-refractivity contribution in [3.63, 3.8) is 0 Å². The van der Waals surface area contributed by atoms with E-state index in [1.54, 1.807) is 0 Å². The first-order chi connectivity index (χ1) is 8.22. The third-order valence-corrected chi connectivity index (χ3v) is 2.99. The van der Waals surface area contributed by atoms with Crippen molar-refractivity contribution in [3.8, 4) is 5.75 Å². The summed E-state index contributed by atoms with van der Waals surface area (Å²) in [6, 6.07) is 4.20. The minimum Gasteiger partial charge on any atom is -0.406 e. The van der Waals surface area contributed by atoms with Crippen LogP contribution < -0.4 is 9.46 Å². The Morgan fingerprint density at radius 2 is 1.78 bits per heavy atom. The van der Waals surface area contributed by atoms with Gasteiger partial charge in [0.05, 0.1) is 12.4 Å². The first-order valence-electron chi connectivity index (χ1n) is 4.69. The van der Waals surface area contributed by atoms with Crippen LogP contribution >= 0.6 is 0 Å². The number of rotatable bonds is 5. The van der Waals surface area contributed by atoms with Crippen LogP contribution in [0.3, 0.4) is 0 Å². The van der Waals surface area contributed by atoms with Gasteiger partial charge in [-0.1, -0.05) is 0 Å². The Morgan fingerprint density at radius 1 is 1.22 bits per heavy atom. The maximum atomic E-state index is 11.9. The monoisotopic (exact) mass is 285 g/mol. The molecule has 0 saturated heterocycles. The highest BCUT2D eigenvalue weighted by Gasteiger charge is 2.30. The number of nitrogens with one attached hydrogen (secondary N) is 1. The standard InChI is InChI=1S/C9H10F3NO4S/c10-9(11,12)17-8-3-1-7(2-4-8)13-18(15,16)6-5-14/h1-4,13-14H,5-6H2. The van der Waals surface area contributed by atoms with Gasteiger partial charge in [0.2, 0.25) is 10.0 Å². The van der Waals surface area contributed by atoms with Crippen molar-refractivity contribution in [1.29, 1.82) is 0 Å². The molecule has 0 aliphatic heterocycles. The fraction of sp³-hybridized carbons (Fsp3) is 0.333. The van der Waals surface area contributed by atoms with Crippen LogP contribution in [0.4, 0.5) is 18.9 Å². The largest absolute Gasteiger partial charge is 0.573 e. The van der Waals surface area contributed by atoms with E-state index in [1.165, 1.54) is 0 Å². The molecule has 1 aromatic carbocycles. The lowest BCUT2D eigenvalue weighted by Crippen LogP contribution is -2.19. The predicted octanol–water partition coefficient (Wildman–Crippen LogP) is 1.32. The van der Waals surface area contributed by atoms with Gasteiger partial charge in [-0.15, -0.1) is 13.2 Å². The topological polar surface area (TPSA) is 75.6 Å². The Hall–Kier alpha value is -1.48. The van der Waals surface area contributed by atoms with Gasteiger partial charge in [0, 0.05) is 5.69 Å². The average Bonchev–Trinajstić information content (AvgIpc) is 2.18. The van der Waals surface area contributed by atoms with Crippen molar-refractivity contribution >= 4 is 15.7 Å². The number of hydrogen-bond acceptors (Lipinski definition) is 4. The smallest absolute Gasteiger partial charge is 0.406 e. The van der Waals surface area contributed by atoms with Crippen LogP contribution in [0, 0.1) is 0 Å². The van der Waals surface area contributed by atoms with Crippen LogP contribution in [-0.4, -0.2) is 32.2 Å². The maximum absolute atomic E-state index is 11.9. The van der Waals surface area contributed by atoms with Crippen molar-refractivity contribution < 1.29 is 31.4 Å². The Kier molecular flexibility index (Phi) is 4.41. The Balaban J connectivity index is 2.72. The lowest BCUT2D eigenvalue weighted by atomic mass is 10.3. The van der Waals surface area contributed by atoms with Gasteiger partial charge in [0.25, 0.3) is 0 Å². The highest BCUT2D eigenvalue weighted by atomic mass is 32.2. The van der Waals surface area contributed by atoms with Gasteiger partial charge in [-0.3, -0.25) is 4.72 Å². The third kappa shape index (κ3) is 5.23. The summed E-state index contributed by atoms with van der Waals surface area (Å²) in [7, 11) is -3.70. The molecule has 0 amide bonds. The van der Waals surface area contributed by atoms with E-state index in [2.05, 4.69) is 9.46 Å². The summed E-state index contributed by atoms with van der Waals surface area (Å²) in [5.74, 6) is -0.944. The van der Waals surface area contributed by atoms with E-state index in [4.69, 9.17) is 5.11 Å². The zero-order chi connectivity index (χ0) is 13.8. The first-order valence-corrected chi connectivity index (χ1v) is 6.34. The van der Waals surface area contributed by atoms with Crippen molar-refractivity contribution in [2.45, 2.75) is 6.36 Å². The van der Waals surface area contributed by atoms with E-state index in [9.17, 15) is 21.6 Å². The number of benzene rings is 1. The summed E-state index contributed by atoms with van der Waals surface area (Å²) < 4.78 is 63.7. The van der Waals surface area contributed by atoms with E-state index in [0.717, 1.165) is 24.3 Å². The number of anilines is 1. The molecule has 0 aromatic heterocycles. The number of ether oxygens (including phenoxy) is 1. The lowest BCUT2D eigenvalue weighted by molar-refractivity contribution is -0.274. The second kappa shape index (κ2) is 5.44. The zero-order valence-corrected chi connectivity index (χ0v) is 9.75. The second-order valence-electron chi connectivity index (χ2n) is 3.22. The van der Waals surface area contributed by atoms with Gasteiger partial charge in [-0.2, -0.15) is 0 Å². The molecule has 0 spiro atoms. The molecule has 1 aromatic rings. The SMILES string of the molecule is O=S(=O)(CCO)Nc1ccc(OC(F)(F)F)cc1. The molecule has 0 heterocycles. The number of sulfonamides is 1. The van der Waals surface area contributed by atoms with E-state index in [0.29, 0.717) is 0 Å². The maximum Gasteiger partial charge on any atom is 0.573 e. The van der Waals surface area contributed by atoms with Gasteiger partial charge >= 0.3 is 6.36 Å². The van der Waals surface area contributed by atoms with E-state index >= 15 is 0 Å². The number of aliphatic hydroxyl groups excluding tert-OH is 1. The molecule has 0 saturated carbocycles. The van der Waals surface area contributed by atoms with Gasteiger partial charge in [-0.25, -0.2) is 8.42 Å². The molecule has 0 aliphatic rings. The highest BCUT2D eigenvalue weighted by Crippen LogP contribution is 2.24. The lowest BCUT2D eigenvalue weighted by Gasteiger charge is -2.10. The Labute approximate surface area is 101 Å². The average molecular weight is 285 g/mol. The minimum absolute atomic E-state index is 0.0815. The molecule has 0 atom stereocenters. The molecule has 102 valence electrons. The summed E-state index contributed by atoms with van der Waals surface area (Å²) in [5, 5.41) is 8.49. The van der Waals surface area contributed by atoms with Crippen molar-refractivity contribution in [2.24, 2.45) is 0 Å². The summed E-state index contributed by atoms with van der Waals surface area (Å²) in [4.78, 5) is 0. The van der Waals surface area contributed by atoms with Gasteiger partial charge in [0.1, 0.15) is 5.75 Å². The molecule has 0 unspecified atom stereocenters. The molecule has 9 heteroatoms. The predicted molar refractivity (Wildman–Crippen MR) is 57.6 cm³/mol. The first kappa shape index (κ1) is 14.6. The number of aliphatic hydroxyl groups is 1. The molecule has 18 heavy (non-hydrogen) atoms. The van der Waals surface area contributed by atoms with E-state index in [1.807, 2.05) is 0 Å². The van der Waals surface area contributed by atoms with Crippen LogP contribution in [0.1, 0.15) is 0 Å². The fourth-order valence-corrected chi connectivity index (χ4v) is 1.91. The molecule has 2 N–H and O–H groups in total. The molecular weight excluding hydrogens is 275 g/mol. The van der Waals surface area contributed by atoms with Crippen LogP contribution in [0.2, 0.25) is 0 Å². The number of alkyl halides is 3. The quantitative estimate of drug-likeness (QED) is 0.855. The normalized spacial score (nSPS) is 12.2. The molecule has 0 bridgehead atoms. The molecule has 0 radical (unpaired) electrons. The van der Waals surface area contributed by atoms with Crippen molar-refractivity contribution in [1.82, 2.24) is 0 Å². The fourth-order valence-electron chi connectivity index (χ4n) is 1.08. The highest BCUT2D eigenvalue weighted by molar-refractivity contribution is 7.92. The molecular formula is C9H10F3NO4S. The third-order valence-electron chi connectivity index (χ3n) is 1.72. The van der Waals surface area contributed by atoms with Crippen LogP contribution in [0.15, 0.2) is 24.3 Å². The molecule has 0 aliphatic carbocycles. The van der Waals surface area contributed by atoms with E-state index in [-0.39, 0.29) is 5.69 Å².